The molecule has 1 heterocycles. The highest BCUT2D eigenvalue weighted by Crippen LogP contribution is 2.24. The number of para-hydroxylation sites is 1. The molecule has 0 radical (unpaired) electrons. The Bertz CT molecular complexity index is 1000. The van der Waals surface area contributed by atoms with Crippen molar-refractivity contribution in [2.75, 3.05) is 12.4 Å². The second-order valence-corrected chi connectivity index (χ2v) is 6.23. The number of halogens is 1. The molecule has 0 aliphatic carbocycles. The second kappa shape index (κ2) is 8.58. The summed E-state index contributed by atoms with van der Waals surface area (Å²) in [7, 11) is 1.26. The molecule has 0 aliphatic heterocycles. The molecule has 2 aromatic carbocycles. The minimum absolute atomic E-state index is 0.0228. The first-order chi connectivity index (χ1) is 13.5. The van der Waals surface area contributed by atoms with Gasteiger partial charge < -0.3 is 9.47 Å². The summed E-state index contributed by atoms with van der Waals surface area (Å²) < 4.78 is 11.5. The lowest BCUT2D eigenvalue weighted by Gasteiger charge is -2.08. The maximum Gasteiger partial charge on any atom is 0.411 e. The zero-order valence-corrected chi connectivity index (χ0v) is 16.1. The van der Waals surface area contributed by atoms with Gasteiger partial charge in [-0.2, -0.15) is 5.10 Å². The summed E-state index contributed by atoms with van der Waals surface area (Å²) in [6.07, 6.45) is -0.624. The van der Waals surface area contributed by atoms with Crippen molar-refractivity contribution in [3.63, 3.8) is 0 Å². The van der Waals surface area contributed by atoms with Gasteiger partial charge in [0, 0.05) is 11.3 Å². The molecule has 0 spiro atoms. The predicted octanol–water partition coefficient (Wildman–Crippen LogP) is 4.37. The lowest BCUT2D eigenvalue weighted by Crippen LogP contribution is -2.12. The van der Waals surface area contributed by atoms with Gasteiger partial charge in [-0.05, 0) is 37.3 Å². The Balaban J connectivity index is 1.73. The normalized spacial score (nSPS) is 10.4. The van der Waals surface area contributed by atoms with Crippen LogP contribution in [0.3, 0.4) is 0 Å². The van der Waals surface area contributed by atoms with Gasteiger partial charge in [-0.25, -0.2) is 14.3 Å². The molecule has 0 bridgehead atoms. The van der Waals surface area contributed by atoms with E-state index in [-0.39, 0.29) is 12.2 Å². The smallest absolute Gasteiger partial charge is 0.411 e. The molecule has 3 rings (SSSR count). The number of amides is 1. The zero-order valence-electron chi connectivity index (χ0n) is 15.3. The Morgan fingerprint density at radius 1 is 1.14 bits per heavy atom. The van der Waals surface area contributed by atoms with Gasteiger partial charge in [-0.1, -0.05) is 35.9 Å². The monoisotopic (exact) mass is 399 g/mol. The van der Waals surface area contributed by atoms with E-state index in [1.165, 1.54) is 13.2 Å². The summed E-state index contributed by atoms with van der Waals surface area (Å²) in [6.45, 7) is 1.78. The third-order valence-corrected chi connectivity index (χ3v) is 4.39. The van der Waals surface area contributed by atoms with Crippen molar-refractivity contribution in [1.29, 1.82) is 0 Å². The van der Waals surface area contributed by atoms with Gasteiger partial charge in [0.15, 0.2) is 0 Å². The van der Waals surface area contributed by atoms with Gasteiger partial charge in [0.05, 0.1) is 24.1 Å². The predicted molar refractivity (Wildman–Crippen MR) is 105 cm³/mol. The molecule has 0 saturated carbocycles. The van der Waals surface area contributed by atoms with Crippen molar-refractivity contribution >= 4 is 29.4 Å². The van der Waals surface area contributed by atoms with Crippen molar-refractivity contribution in [3.05, 3.63) is 76.6 Å². The fourth-order valence-electron chi connectivity index (χ4n) is 2.55. The molecule has 0 unspecified atom stereocenters. The Morgan fingerprint density at radius 2 is 1.89 bits per heavy atom. The fraction of sp³-hybridized carbons (Fsp3) is 0.150. The van der Waals surface area contributed by atoms with Gasteiger partial charge in [-0.15, -0.1) is 0 Å². The van der Waals surface area contributed by atoms with Gasteiger partial charge in [-0.3, -0.25) is 5.32 Å². The Hall–Kier alpha value is -3.32. The topological polar surface area (TPSA) is 82.4 Å². The standard InChI is InChI=1S/C20H18ClN3O4/c1-13-17(18(21)24(23-13)16-9-4-3-5-10-16)12-28-19(25)14-7-6-8-15(11-14)22-20(26)27-2/h3-11H,12H2,1-2H3,(H,22,26). The van der Waals surface area contributed by atoms with Gasteiger partial charge in [0.1, 0.15) is 11.8 Å². The molecule has 0 atom stereocenters. The van der Waals surface area contributed by atoms with Crippen LogP contribution >= 0.6 is 11.6 Å². The molecular formula is C20H18ClN3O4. The molecule has 144 valence electrons. The van der Waals surface area contributed by atoms with Crippen LogP contribution in [0, 0.1) is 6.92 Å². The van der Waals surface area contributed by atoms with E-state index in [2.05, 4.69) is 15.2 Å². The number of nitrogens with one attached hydrogen (secondary N) is 1. The first-order valence-electron chi connectivity index (χ1n) is 8.41. The van der Waals surface area contributed by atoms with Gasteiger partial charge >= 0.3 is 12.1 Å². The largest absolute Gasteiger partial charge is 0.457 e. The van der Waals surface area contributed by atoms with Crippen LogP contribution in [0.4, 0.5) is 10.5 Å². The summed E-state index contributed by atoms with van der Waals surface area (Å²) in [5.41, 5.74) is 2.82. The third kappa shape index (κ3) is 4.32. The summed E-state index contributed by atoms with van der Waals surface area (Å²) in [5, 5.41) is 7.30. The number of carbonyl (C=O) groups is 2. The number of esters is 1. The molecule has 0 saturated heterocycles. The highest BCUT2D eigenvalue weighted by atomic mass is 35.5. The number of hydrogen-bond donors (Lipinski definition) is 1. The van der Waals surface area contributed by atoms with Gasteiger partial charge in [0.2, 0.25) is 0 Å². The molecule has 1 amide bonds. The maximum absolute atomic E-state index is 12.4. The van der Waals surface area contributed by atoms with Crippen LogP contribution in [0.25, 0.3) is 5.69 Å². The van der Waals surface area contributed by atoms with Crippen molar-refractivity contribution in [3.8, 4) is 5.69 Å². The van der Waals surface area contributed by atoms with Crippen LogP contribution in [0.5, 0.6) is 0 Å². The van der Waals surface area contributed by atoms with Crippen molar-refractivity contribution in [2.45, 2.75) is 13.5 Å². The molecular weight excluding hydrogens is 382 g/mol. The number of anilines is 1. The fourth-order valence-corrected chi connectivity index (χ4v) is 2.88. The average Bonchev–Trinajstić information content (AvgIpc) is 3.00. The minimum Gasteiger partial charge on any atom is -0.457 e. The van der Waals surface area contributed by atoms with Crippen molar-refractivity contribution < 1.29 is 19.1 Å². The third-order valence-electron chi connectivity index (χ3n) is 4.00. The zero-order chi connectivity index (χ0) is 20.1. The molecule has 0 fully saturated rings. The maximum atomic E-state index is 12.4. The Labute approximate surface area is 166 Å². The van der Waals surface area contributed by atoms with E-state index in [9.17, 15) is 9.59 Å². The average molecular weight is 400 g/mol. The van der Waals surface area contributed by atoms with E-state index >= 15 is 0 Å². The number of aryl methyl sites for hydroxylation is 1. The molecule has 0 aliphatic rings. The van der Waals surface area contributed by atoms with Crippen LogP contribution < -0.4 is 5.32 Å². The lowest BCUT2D eigenvalue weighted by molar-refractivity contribution is 0.0472. The summed E-state index contributed by atoms with van der Waals surface area (Å²) in [4.78, 5) is 23.7. The Morgan fingerprint density at radius 3 is 2.61 bits per heavy atom. The number of ether oxygens (including phenoxy) is 2. The SMILES string of the molecule is COC(=O)Nc1cccc(C(=O)OCc2c(C)nn(-c3ccccc3)c2Cl)c1. The number of benzene rings is 2. The van der Waals surface area contributed by atoms with Gasteiger partial charge in [0.25, 0.3) is 0 Å². The first kappa shape index (κ1) is 19.4. The van der Waals surface area contributed by atoms with E-state index < -0.39 is 12.1 Å². The van der Waals surface area contributed by atoms with Crippen molar-refractivity contribution in [2.24, 2.45) is 0 Å². The van der Waals surface area contributed by atoms with Crippen LogP contribution in [-0.2, 0) is 16.1 Å². The lowest BCUT2D eigenvalue weighted by atomic mass is 10.2. The minimum atomic E-state index is -0.624. The molecule has 3 aromatic rings. The molecule has 7 nitrogen and oxygen atoms in total. The first-order valence-corrected chi connectivity index (χ1v) is 8.79. The number of aromatic nitrogens is 2. The quantitative estimate of drug-likeness (QED) is 0.644. The van der Waals surface area contributed by atoms with Crippen LogP contribution in [0.1, 0.15) is 21.6 Å². The molecule has 1 aromatic heterocycles. The second-order valence-electron chi connectivity index (χ2n) is 5.88. The number of carbonyl (C=O) groups excluding carboxylic acids is 2. The van der Waals surface area contributed by atoms with E-state index in [0.29, 0.717) is 22.1 Å². The van der Waals surface area contributed by atoms with Crippen LogP contribution in [-0.4, -0.2) is 29.0 Å². The summed E-state index contributed by atoms with van der Waals surface area (Å²) in [5.74, 6) is -0.545. The molecule has 28 heavy (non-hydrogen) atoms. The van der Waals surface area contributed by atoms with E-state index in [4.69, 9.17) is 16.3 Å². The summed E-state index contributed by atoms with van der Waals surface area (Å²) >= 11 is 6.44. The highest BCUT2D eigenvalue weighted by molar-refractivity contribution is 6.30. The number of methoxy groups -OCH3 is 1. The van der Waals surface area contributed by atoms with E-state index in [1.807, 2.05) is 30.3 Å². The van der Waals surface area contributed by atoms with Crippen LogP contribution in [0.15, 0.2) is 54.6 Å². The molecule has 8 heteroatoms. The van der Waals surface area contributed by atoms with Crippen LogP contribution in [0.2, 0.25) is 5.15 Å². The Kier molecular flexibility index (Phi) is 5.96. The number of rotatable bonds is 5. The molecule has 1 N–H and O–H groups in total. The number of nitrogens with zero attached hydrogens (tertiary/aromatic N) is 2. The van der Waals surface area contributed by atoms with E-state index in [1.54, 1.807) is 29.8 Å². The number of hydrogen-bond acceptors (Lipinski definition) is 5. The summed E-state index contributed by atoms with van der Waals surface area (Å²) in [6, 6.07) is 15.8. The van der Waals surface area contributed by atoms with Crippen molar-refractivity contribution in [1.82, 2.24) is 9.78 Å². The van der Waals surface area contributed by atoms with E-state index in [0.717, 1.165) is 5.69 Å². The highest BCUT2D eigenvalue weighted by Gasteiger charge is 2.17.